The standard InChI is InChI=1S/C14H20BrNO2S/c15-13-9-8-10(19-13)4-3-7-14(18)16-11-5-1-2-6-12(11)17/h8-9,11-12,17H,1-7H2,(H,16,18)/t11-,12-/m1/s1. The Morgan fingerprint density at radius 3 is 2.89 bits per heavy atom. The number of thiophene rings is 1. The first-order chi connectivity index (χ1) is 9.15. The molecule has 19 heavy (non-hydrogen) atoms. The summed E-state index contributed by atoms with van der Waals surface area (Å²) in [5, 5.41) is 12.8. The molecule has 0 bridgehead atoms. The molecule has 2 atom stereocenters. The third-order valence-corrected chi connectivity index (χ3v) is 5.22. The molecular weight excluding hydrogens is 326 g/mol. The molecule has 1 amide bonds. The van der Waals surface area contributed by atoms with Gasteiger partial charge in [0.15, 0.2) is 0 Å². The molecule has 0 unspecified atom stereocenters. The third-order valence-electron chi connectivity index (χ3n) is 3.53. The zero-order valence-electron chi connectivity index (χ0n) is 10.9. The summed E-state index contributed by atoms with van der Waals surface area (Å²) in [4.78, 5) is 13.1. The van der Waals surface area contributed by atoms with Gasteiger partial charge in [0.2, 0.25) is 5.91 Å². The van der Waals surface area contributed by atoms with E-state index in [-0.39, 0.29) is 18.1 Å². The molecular formula is C14H20BrNO2S. The number of aliphatic hydroxyl groups excluding tert-OH is 1. The second-order valence-electron chi connectivity index (χ2n) is 5.09. The Morgan fingerprint density at radius 2 is 2.21 bits per heavy atom. The monoisotopic (exact) mass is 345 g/mol. The van der Waals surface area contributed by atoms with Gasteiger partial charge in [-0.05, 0) is 53.7 Å². The Labute approximate surface area is 126 Å². The van der Waals surface area contributed by atoms with Gasteiger partial charge in [0.1, 0.15) is 0 Å². The molecule has 0 radical (unpaired) electrons. The van der Waals surface area contributed by atoms with Crippen molar-refractivity contribution in [1.29, 1.82) is 0 Å². The number of hydrogen-bond donors (Lipinski definition) is 2. The van der Waals surface area contributed by atoms with Crippen LogP contribution in [0.3, 0.4) is 0 Å². The molecule has 1 aliphatic carbocycles. The molecule has 1 aliphatic rings. The predicted octanol–water partition coefficient (Wildman–Crippen LogP) is 3.25. The average Bonchev–Trinajstić information content (AvgIpc) is 2.78. The van der Waals surface area contributed by atoms with Gasteiger partial charge in [-0.25, -0.2) is 0 Å². The quantitative estimate of drug-likeness (QED) is 0.860. The lowest BCUT2D eigenvalue weighted by Crippen LogP contribution is -2.45. The van der Waals surface area contributed by atoms with Crippen molar-refractivity contribution < 1.29 is 9.90 Å². The van der Waals surface area contributed by atoms with Crippen LogP contribution in [-0.2, 0) is 11.2 Å². The van der Waals surface area contributed by atoms with Crippen LogP contribution in [-0.4, -0.2) is 23.2 Å². The maximum absolute atomic E-state index is 11.8. The fourth-order valence-corrected chi connectivity index (χ4v) is 3.99. The first-order valence-corrected chi connectivity index (χ1v) is 8.48. The van der Waals surface area contributed by atoms with Crippen molar-refractivity contribution in [3.05, 3.63) is 20.8 Å². The molecule has 1 fully saturated rings. The topological polar surface area (TPSA) is 49.3 Å². The highest BCUT2D eigenvalue weighted by Crippen LogP contribution is 2.23. The lowest BCUT2D eigenvalue weighted by Gasteiger charge is -2.28. The number of carbonyl (C=O) groups is 1. The number of carbonyl (C=O) groups excluding carboxylic acids is 1. The molecule has 5 heteroatoms. The minimum absolute atomic E-state index is 0.0304. The number of nitrogens with one attached hydrogen (secondary N) is 1. The Morgan fingerprint density at radius 1 is 1.42 bits per heavy atom. The summed E-state index contributed by atoms with van der Waals surface area (Å²) >= 11 is 5.16. The SMILES string of the molecule is O=C(CCCc1ccc(Br)s1)N[C@@H]1CCCC[C@H]1O. The number of aliphatic hydroxyl groups is 1. The number of amides is 1. The highest BCUT2D eigenvalue weighted by Gasteiger charge is 2.24. The lowest BCUT2D eigenvalue weighted by molar-refractivity contribution is -0.123. The van der Waals surface area contributed by atoms with Gasteiger partial charge < -0.3 is 10.4 Å². The van der Waals surface area contributed by atoms with Crippen LogP contribution in [0, 0.1) is 0 Å². The second-order valence-corrected chi connectivity index (χ2v) is 7.63. The normalized spacial score (nSPS) is 23.3. The van der Waals surface area contributed by atoms with Crippen LogP contribution < -0.4 is 5.32 Å². The molecule has 3 nitrogen and oxygen atoms in total. The van der Waals surface area contributed by atoms with E-state index in [0.717, 1.165) is 42.3 Å². The fraction of sp³-hybridized carbons (Fsp3) is 0.643. The number of rotatable bonds is 5. The molecule has 0 aliphatic heterocycles. The number of hydrogen-bond acceptors (Lipinski definition) is 3. The summed E-state index contributed by atoms with van der Waals surface area (Å²) in [5.41, 5.74) is 0. The van der Waals surface area contributed by atoms with Gasteiger partial charge in [0, 0.05) is 11.3 Å². The molecule has 2 rings (SSSR count). The van der Waals surface area contributed by atoms with E-state index in [0.29, 0.717) is 6.42 Å². The van der Waals surface area contributed by atoms with Crippen molar-refractivity contribution in [3.8, 4) is 0 Å². The Bertz CT molecular complexity index is 421. The molecule has 2 N–H and O–H groups in total. The molecule has 1 heterocycles. The minimum Gasteiger partial charge on any atom is -0.391 e. The van der Waals surface area contributed by atoms with Crippen molar-refractivity contribution in [2.75, 3.05) is 0 Å². The largest absolute Gasteiger partial charge is 0.391 e. The Hall–Kier alpha value is -0.390. The average molecular weight is 346 g/mol. The summed E-state index contributed by atoms with van der Waals surface area (Å²) < 4.78 is 1.14. The highest BCUT2D eigenvalue weighted by molar-refractivity contribution is 9.11. The molecule has 0 spiro atoms. The van der Waals surface area contributed by atoms with E-state index in [9.17, 15) is 9.90 Å². The van der Waals surface area contributed by atoms with Crippen LogP contribution in [0.15, 0.2) is 15.9 Å². The van der Waals surface area contributed by atoms with Crippen LogP contribution in [0.4, 0.5) is 0 Å². The van der Waals surface area contributed by atoms with Gasteiger partial charge in [-0.1, -0.05) is 12.8 Å². The molecule has 1 saturated carbocycles. The van der Waals surface area contributed by atoms with Gasteiger partial charge >= 0.3 is 0 Å². The highest BCUT2D eigenvalue weighted by atomic mass is 79.9. The molecule has 0 aromatic carbocycles. The second kappa shape index (κ2) is 7.41. The molecule has 1 aromatic heterocycles. The zero-order chi connectivity index (χ0) is 13.7. The van der Waals surface area contributed by atoms with Gasteiger partial charge in [0.25, 0.3) is 0 Å². The number of aryl methyl sites for hydroxylation is 1. The summed E-state index contributed by atoms with van der Waals surface area (Å²) in [6.45, 7) is 0. The van der Waals surface area contributed by atoms with E-state index >= 15 is 0 Å². The van der Waals surface area contributed by atoms with Crippen LogP contribution in [0.5, 0.6) is 0 Å². The van der Waals surface area contributed by atoms with Crippen molar-refractivity contribution >= 4 is 33.2 Å². The van der Waals surface area contributed by atoms with Crippen molar-refractivity contribution in [3.63, 3.8) is 0 Å². The van der Waals surface area contributed by atoms with Crippen molar-refractivity contribution in [2.45, 2.75) is 57.1 Å². The minimum atomic E-state index is -0.356. The zero-order valence-corrected chi connectivity index (χ0v) is 13.3. The van der Waals surface area contributed by atoms with Gasteiger partial charge in [-0.15, -0.1) is 11.3 Å². The van der Waals surface area contributed by atoms with Crippen LogP contribution >= 0.6 is 27.3 Å². The number of halogens is 1. The first-order valence-electron chi connectivity index (χ1n) is 6.87. The summed E-state index contributed by atoms with van der Waals surface area (Å²) in [6.07, 6.45) is 5.88. The molecule has 106 valence electrons. The predicted molar refractivity (Wildman–Crippen MR) is 81.4 cm³/mol. The van der Waals surface area contributed by atoms with Gasteiger partial charge in [0.05, 0.1) is 15.9 Å². The molecule has 0 saturated heterocycles. The van der Waals surface area contributed by atoms with E-state index in [1.807, 2.05) is 6.07 Å². The van der Waals surface area contributed by atoms with E-state index < -0.39 is 0 Å². The first kappa shape index (κ1) is 15.0. The van der Waals surface area contributed by atoms with E-state index in [1.54, 1.807) is 11.3 Å². The van der Waals surface area contributed by atoms with Crippen molar-refractivity contribution in [1.82, 2.24) is 5.32 Å². The Balaban J connectivity index is 1.66. The smallest absolute Gasteiger partial charge is 0.220 e. The van der Waals surface area contributed by atoms with Gasteiger partial charge in [-0.2, -0.15) is 0 Å². The van der Waals surface area contributed by atoms with E-state index in [1.165, 1.54) is 4.88 Å². The Kier molecular flexibility index (Phi) is 5.85. The van der Waals surface area contributed by atoms with Crippen LogP contribution in [0.25, 0.3) is 0 Å². The maximum atomic E-state index is 11.8. The molecule has 1 aromatic rings. The summed E-state index contributed by atoms with van der Waals surface area (Å²) in [7, 11) is 0. The van der Waals surface area contributed by atoms with E-state index in [4.69, 9.17) is 0 Å². The van der Waals surface area contributed by atoms with Crippen LogP contribution in [0.1, 0.15) is 43.4 Å². The summed E-state index contributed by atoms with van der Waals surface area (Å²) in [6, 6.07) is 4.10. The van der Waals surface area contributed by atoms with Crippen LogP contribution in [0.2, 0.25) is 0 Å². The third kappa shape index (κ3) is 4.89. The maximum Gasteiger partial charge on any atom is 0.220 e. The van der Waals surface area contributed by atoms with Gasteiger partial charge in [-0.3, -0.25) is 4.79 Å². The van der Waals surface area contributed by atoms with E-state index in [2.05, 4.69) is 27.3 Å². The fourth-order valence-electron chi connectivity index (χ4n) is 2.47. The van der Waals surface area contributed by atoms with Crippen molar-refractivity contribution in [2.24, 2.45) is 0 Å². The lowest BCUT2D eigenvalue weighted by atomic mass is 9.92. The summed E-state index contributed by atoms with van der Waals surface area (Å²) in [5.74, 6) is 0.0709.